The molecule has 0 aliphatic carbocycles. The highest BCUT2D eigenvalue weighted by molar-refractivity contribution is 6.30. The van der Waals surface area contributed by atoms with Crippen LogP contribution in [0.2, 0.25) is 5.02 Å². The molecule has 1 aliphatic rings. The number of methoxy groups -OCH3 is 1. The molecule has 1 aromatic rings. The first-order valence-corrected chi connectivity index (χ1v) is 20.8. The van der Waals surface area contributed by atoms with Gasteiger partial charge in [0.15, 0.2) is 18.8 Å². The number of rotatable bonds is 29. The fraction of sp³-hybridized carbons (Fsp3) is 0.634. The van der Waals surface area contributed by atoms with Crippen molar-refractivity contribution in [1.82, 2.24) is 21.3 Å². The Hall–Kier alpha value is -5.46. The molecule has 0 saturated carbocycles. The van der Waals surface area contributed by atoms with Crippen LogP contribution in [0.1, 0.15) is 53.0 Å². The van der Waals surface area contributed by atoms with Gasteiger partial charge in [0.1, 0.15) is 12.2 Å². The fourth-order valence-corrected chi connectivity index (χ4v) is 6.23. The second-order valence-corrected chi connectivity index (χ2v) is 14.6. The van der Waals surface area contributed by atoms with Crippen LogP contribution in [0.15, 0.2) is 24.3 Å². The molecule has 1 aliphatic heterocycles. The van der Waals surface area contributed by atoms with Gasteiger partial charge < -0.3 is 68.6 Å². The number of halogens is 1. The Labute approximate surface area is 380 Å². The summed E-state index contributed by atoms with van der Waals surface area (Å²) in [5.74, 6) is -9.12. The minimum atomic E-state index is -2.47. The molecular weight excluding hydrogens is 888 g/mol. The maximum Gasteiger partial charge on any atom is 0.366 e. The normalized spacial score (nSPS) is 18.7. The van der Waals surface area contributed by atoms with E-state index in [-0.39, 0.29) is 77.4 Å². The van der Waals surface area contributed by atoms with Crippen molar-refractivity contribution in [1.29, 1.82) is 0 Å². The van der Waals surface area contributed by atoms with E-state index < -0.39 is 97.5 Å². The van der Waals surface area contributed by atoms with Gasteiger partial charge in [0.25, 0.3) is 11.7 Å². The molecule has 23 nitrogen and oxygen atoms in total. The standard InChI is InChI=1S/C41H59ClN4O19/c1-25(47)43-12-15-57-14-11-34(52)44-13-16-58-17-18-59-19-20-61-41(40(55)56-6)22-32(62-27(3)49)37(46-36(54)24-60-26(2)48)39(65-41)38(64-29(5)51)33(63-28(4)50)23-45-35(53)21-30-7-9-31(42)10-8-30/h7-10,32-33,37-39H,11-24H2,1-6H3,(H,43,47)(H,44,52)(H,45,53)(H,46,54)/t32-,33+,37+,38+,39+,41+/m0/s1. The average molecular weight is 947 g/mol. The van der Waals surface area contributed by atoms with Gasteiger partial charge in [-0.2, -0.15) is 0 Å². The first kappa shape index (κ1) is 55.7. The molecular formula is C41H59ClN4O19. The summed E-state index contributed by atoms with van der Waals surface area (Å²) >= 11 is 5.96. The third-order valence-electron chi connectivity index (χ3n) is 8.78. The zero-order valence-corrected chi connectivity index (χ0v) is 38.0. The maximum absolute atomic E-state index is 13.7. The first-order chi connectivity index (χ1) is 30.8. The summed E-state index contributed by atoms with van der Waals surface area (Å²) in [6.45, 7) is 5.00. The molecule has 0 aromatic heterocycles. The SMILES string of the molecule is COC(=O)[C@@]1(OCCOCCOCCNC(=O)CCOCCNC(C)=O)C[C@H](OC(C)=O)[C@@H](NC(=O)COC(C)=O)[C@H]([C@H](OC(C)=O)[C@@H](CNC(=O)Cc2ccc(Cl)cc2)OC(C)=O)O1. The number of nitrogens with one attached hydrogen (secondary N) is 4. The molecule has 1 saturated heterocycles. The van der Waals surface area contributed by atoms with Crippen LogP contribution in [-0.2, 0) is 96.9 Å². The zero-order chi connectivity index (χ0) is 48.4. The van der Waals surface area contributed by atoms with E-state index in [1.54, 1.807) is 24.3 Å². The number of ether oxygens (including phenoxy) is 10. The van der Waals surface area contributed by atoms with Gasteiger partial charge in [-0.25, -0.2) is 4.79 Å². The van der Waals surface area contributed by atoms with Gasteiger partial charge in [-0.3, -0.25) is 38.4 Å². The van der Waals surface area contributed by atoms with Crippen molar-refractivity contribution in [2.45, 2.75) is 90.1 Å². The zero-order valence-electron chi connectivity index (χ0n) is 37.2. The van der Waals surface area contributed by atoms with Crippen molar-refractivity contribution >= 4 is 65.1 Å². The minimum Gasteiger partial charge on any atom is -0.465 e. The Balaban J connectivity index is 2.28. The molecule has 4 N–H and O–H groups in total. The summed E-state index contributed by atoms with van der Waals surface area (Å²) in [5, 5.41) is 10.8. The second kappa shape index (κ2) is 29.9. The van der Waals surface area contributed by atoms with E-state index in [0.29, 0.717) is 17.1 Å². The highest BCUT2D eigenvalue weighted by atomic mass is 35.5. The summed E-state index contributed by atoms with van der Waals surface area (Å²) in [4.78, 5) is 112. The first-order valence-electron chi connectivity index (χ1n) is 20.5. The van der Waals surface area contributed by atoms with E-state index in [4.69, 9.17) is 59.0 Å². The van der Waals surface area contributed by atoms with Crippen molar-refractivity contribution in [2.75, 3.05) is 79.6 Å². The summed E-state index contributed by atoms with van der Waals surface area (Å²) in [6.07, 6.45) is -7.36. The Kier molecular flexibility index (Phi) is 25.6. The number of carbonyl (C=O) groups excluding carboxylic acids is 9. The van der Waals surface area contributed by atoms with Crippen LogP contribution in [0, 0.1) is 0 Å². The molecule has 0 bridgehead atoms. The van der Waals surface area contributed by atoms with Crippen LogP contribution in [0.4, 0.5) is 0 Å². The summed E-state index contributed by atoms with van der Waals surface area (Å²) in [6, 6.07) is 4.88. The number of benzene rings is 1. The molecule has 0 spiro atoms. The minimum absolute atomic E-state index is 0.0446. The lowest BCUT2D eigenvalue weighted by Crippen LogP contribution is -2.70. The summed E-state index contributed by atoms with van der Waals surface area (Å²) < 4.78 is 55.3. The maximum atomic E-state index is 13.7. The van der Waals surface area contributed by atoms with Crippen LogP contribution < -0.4 is 21.3 Å². The average Bonchev–Trinajstić information content (AvgIpc) is 3.23. The third-order valence-corrected chi connectivity index (χ3v) is 9.04. The molecule has 1 fully saturated rings. The van der Waals surface area contributed by atoms with Gasteiger partial charge in [0.2, 0.25) is 17.7 Å². The number of hydrogen-bond acceptors (Lipinski definition) is 19. The number of carbonyl (C=O) groups is 9. The molecule has 1 heterocycles. The predicted octanol–water partition coefficient (Wildman–Crippen LogP) is -0.791. The smallest absolute Gasteiger partial charge is 0.366 e. The number of amides is 4. The number of hydrogen-bond donors (Lipinski definition) is 4. The second-order valence-electron chi connectivity index (χ2n) is 14.2. The van der Waals surface area contributed by atoms with Crippen molar-refractivity contribution in [3.05, 3.63) is 34.9 Å². The molecule has 65 heavy (non-hydrogen) atoms. The Morgan fingerprint density at radius 3 is 1.94 bits per heavy atom. The lowest BCUT2D eigenvalue weighted by atomic mass is 9.87. The molecule has 0 radical (unpaired) electrons. The quantitative estimate of drug-likeness (QED) is 0.0435. The fourth-order valence-electron chi connectivity index (χ4n) is 6.11. The monoisotopic (exact) mass is 946 g/mol. The molecule has 24 heteroatoms. The summed E-state index contributed by atoms with van der Waals surface area (Å²) in [5.41, 5.74) is 0.580. The molecule has 364 valence electrons. The van der Waals surface area contributed by atoms with Crippen LogP contribution in [0.25, 0.3) is 0 Å². The highest BCUT2D eigenvalue weighted by Crippen LogP contribution is 2.37. The van der Waals surface area contributed by atoms with Gasteiger partial charge in [0, 0.05) is 59.2 Å². The largest absolute Gasteiger partial charge is 0.465 e. The van der Waals surface area contributed by atoms with Crippen LogP contribution in [0.5, 0.6) is 0 Å². The third kappa shape index (κ3) is 22.3. The molecule has 6 atom stereocenters. The molecule has 4 amide bonds. The van der Waals surface area contributed by atoms with E-state index >= 15 is 0 Å². The van der Waals surface area contributed by atoms with Gasteiger partial charge in [-0.05, 0) is 17.7 Å². The van der Waals surface area contributed by atoms with E-state index in [1.165, 1.54) is 6.92 Å². The van der Waals surface area contributed by atoms with Crippen LogP contribution >= 0.6 is 11.6 Å². The molecule has 0 unspecified atom stereocenters. The van der Waals surface area contributed by atoms with Crippen LogP contribution in [0.3, 0.4) is 0 Å². The van der Waals surface area contributed by atoms with Crippen LogP contribution in [-0.4, -0.2) is 169 Å². The van der Waals surface area contributed by atoms with E-state index in [9.17, 15) is 43.2 Å². The van der Waals surface area contributed by atoms with Gasteiger partial charge in [-0.15, -0.1) is 0 Å². The highest BCUT2D eigenvalue weighted by Gasteiger charge is 2.59. The van der Waals surface area contributed by atoms with E-state index in [2.05, 4.69) is 21.3 Å². The van der Waals surface area contributed by atoms with Crippen molar-refractivity contribution < 1.29 is 90.5 Å². The lowest BCUT2D eigenvalue weighted by Gasteiger charge is -2.48. The summed E-state index contributed by atoms with van der Waals surface area (Å²) in [7, 11) is 1.02. The van der Waals surface area contributed by atoms with Crippen molar-refractivity contribution in [3.63, 3.8) is 0 Å². The lowest BCUT2D eigenvalue weighted by molar-refractivity contribution is -0.315. The van der Waals surface area contributed by atoms with Crippen molar-refractivity contribution in [2.24, 2.45) is 0 Å². The topological polar surface area (TPSA) is 294 Å². The Morgan fingerprint density at radius 2 is 1.34 bits per heavy atom. The molecule has 1 aromatic carbocycles. The predicted molar refractivity (Wildman–Crippen MR) is 222 cm³/mol. The molecule has 2 rings (SSSR count). The van der Waals surface area contributed by atoms with E-state index in [0.717, 1.165) is 34.8 Å². The van der Waals surface area contributed by atoms with Gasteiger partial charge >= 0.3 is 29.8 Å². The Bertz CT molecular complexity index is 1750. The van der Waals surface area contributed by atoms with Gasteiger partial charge in [0.05, 0.1) is 78.8 Å². The van der Waals surface area contributed by atoms with Crippen molar-refractivity contribution in [3.8, 4) is 0 Å². The Morgan fingerprint density at radius 1 is 0.723 bits per heavy atom. The van der Waals surface area contributed by atoms with E-state index in [1.807, 2.05) is 0 Å². The van der Waals surface area contributed by atoms with Gasteiger partial charge in [-0.1, -0.05) is 23.7 Å². The number of esters is 5.